The topological polar surface area (TPSA) is 23.8 Å². The number of nitrogens with zero attached hydrogens (tertiary/aromatic N) is 1. The van der Waals surface area contributed by atoms with Gasteiger partial charge in [-0.05, 0) is 32.3 Å². The highest BCUT2D eigenvalue weighted by Gasteiger charge is 2.55. The first-order valence-corrected chi connectivity index (χ1v) is 5.09. The Morgan fingerprint density at radius 1 is 1.21 bits per heavy atom. The van der Waals surface area contributed by atoms with Crippen LogP contribution in [0.1, 0.15) is 32.3 Å². The normalized spacial score (nSPS) is 18.6. The van der Waals surface area contributed by atoms with Crippen molar-refractivity contribution >= 4 is 0 Å². The van der Waals surface area contributed by atoms with Crippen molar-refractivity contribution in [3.8, 4) is 6.07 Å². The lowest BCUT2D eigenvalue weighted by Crippen LogP contribution is -2.27. The van der Waals surface area contributed by atoms with Crippen molar-refractivity contribution in [2.75, 3.05) is 0 Å². The summed E-state index contributed by atoms with van der Waals surface area (Å²) >= 11 is 0. The molecule has 72 valence electrons. The van der Waals surface area contributed by atoms with Crippen molar-refractivity contribution < 1.29 is 0 Å². The maximum Gasteiger partial charge on any atom is 0.0693 e. The highest BCUT2D eigenvalue weighted by Crippen LogP contribution is 2.59. The zero-order valence-electron chi connectivity index (χ0n) is 8.75. The predicted octanol–water partition coefficient (Wildman–Crippen LogP) is 3.27. The van der Waals surface area contributed by atoms with Crippen LogP contribution in [0.3, 0.4) is 0 Å². The van der Waals surface area contributed by atoms with Crippen LogP contribution in [0, 0.1) is 16.7 Å². The third-order valence-corrected chi connectivity index (χ3v) is 3.55. The number of nitriles is 1. The van der Waals surface area contributed by atoms with Gasteiger partial charge in [-0.15, -0.1) is 0 Å². The van der Waals surface area contributed by atoms with E-state index in [0.717, 1.165) is 12.8 Å². The Bertz CT molecular complexity index is 366. The van der Waals surface area contributed by atoms with Crippen molar-refractivity contribution in [1.29, 1.82) is 5.26 Å². The quantitative estimate of drug-likeness (QED) is 0.693. The molecule has 1 aliphatic carbocycles. The van der Waals surface area contributed by atoms with Crippen LogP contribution in [-0.2, 0) is 5.41 Å². The van der Waals surface area contributed by atoms with E-state index in [0.29, 0.717) is 0 Å². The molecule has 0 radical (unpaired) electrons. The Kier molecular flexibility index (Phi) is 1.89. The molecule has 1 nitrogen and oxygen atoms in total. The van der Waals surface area contributed by atoms with Crippen LogP contribution in [0.4, 0.5) is 0 Å². The molecule has 0 atom stereocenters. The number of benzene rings is 1. The lowest BCUT2D eigenvalue weighted by molar-refractivity contribution is 0.363. The third kappa shape index (κ3) is 1.14. The molecule has 0 unspecified atom stereocenters. The van der Waals surface area contributed by atoms with Crippen LogP contribution in [0.25, 0.3) is 0 Å². The Labute approximate surface area is 85.4 Å². The highest BCUT2D eigenvalue weighted by molar-refractivity contribution is 5.36. The summed E-state index contributed by atoms with van der Waals surface area (Å²) in [6.45, 7) is 4.10. The summed E-state index contributed by atoms with van der Waals surface area (Å²) in [5.74, 6) is 0. The second-order valence-electron chi connectivity index (χ2n) is 4.68. The van der Waals surface area contributed by atoms with Gasteiger partial charge in [0.2, 0.25) is 0 Å². The van der Waals surface area contributed by atoms with Crippen LogP contribution < -0.4 is 0 Å². The zero-order valence-corrected chi connectivity index (χ0v) is 8.75. The third-order valence-electron chi connectivity index (χ3n) is 3.55. The van der Waals surface area contributed by atoms with Gasteiger partial charge in [-0.25, -0.2) is 0 Å². The molecule has 0 bridgehead atoms. The van der Waals surface area contributed by atoms with Crippen LogP contribution in [0.2, 0.25) is 0 Å². The minimum absolute atomic E-state index is 0.128. The minimum atomic E-state index is -0.242. The molecule has 1 saturated carbocycles. The fraction of sp³-hybridized carbons (Fsp3) is 0.462. The molecule has 1 fully saturated rings. The first kappa shape index (κ1) is 9.27. The summed E-state index contributed by atoms with van der Waals surface area (Å²) in [7, 11) is 0. The van der Waals surface area contributed by atoms with E-state index >= 15 is 0 Å². The molecule has 0 spiro atoms. The summed E-state index contributed by atoms with van der Waals surface area (Å²) in [5.41, 5.74) is 1.21. The van der Waals surface area contributed by atoms with Crippen LogP contribution in [0.5, 0.6) is 0 Å². The average Bonchev–Trinajstić information content (AvgIpc) is 3.00. The molecular weight excluding hydrogens is 170 g/mol. The number of rotatable bonds is 2. The van der Waals surface area contributed by atoms with E-state index in [1.807, 2.05) is 19.9 Å². The SMILES string of the molecule is CC(C)(C#N)C1(c2ccccc2)CC1. The van der Waals surface area contributed by atoms with E-state index in [1.165, 1.54) is 5.56 Å². The molecule has 1 aliphatic rings. The average molecular weight is 185 g/mol. The summed E-state index contributed by atoms with van der Waals surface area (Å²) in [6, 6.07) is 12.9. The van der Waals surface area contributed by atoms with E-state index < -0.39 is 0 Å². The molecule has 1 aromatic rings. The molecule has 1 heteroatoms. The monoisotopic (exact) mass is 185 g/mol. The molecule has 0 aromatic heterocycles. The number of hydrogen-bond acceptors (Lipinski definition) is 1. The fourth-order valence-corrected chi connectivity index (χ4v) is 2.26. The lowest BCUT2D eigenvalue weighted by atomic mass is 9.73. The fourth-order valence-electron chi connectivity index (χ4n) is 2.26. The van der Waals surface area contributed by atoms with E-state index in [4.69, 9.17) is 0 Å². The maximum absolute atomic E-state index is 9.18. The van der Waals surface area contributed by atoms with Crippen molar-refractivity contribution in [1.82, 2.24) is 0 Å². The van der Waals surface area contributed by atoms with E-state index in [-0.39, 0.29) is 10.8 Å². The van der Waals surface area contributed by atoms with Gasteiger partial charge in [-0.3, -0.25) is 0 Å². The van der Waals surface area contributed by atoms with Gasteiger partial charge >= 0.3 is 0 Å². The van der Waals surface area contributed by atoms with Gasteiger partial charge in [0.15, 0.2) is 0 Å². The molecular formula is C13H15N. The lowest BCUT2D eigenvalue weighted by Gasteiger charge is -2.28. The summed E-state index contributed by atoms with van der Waals surface area (Å²) in [4.78, 5) is 0. The van der Waals surface area contributed by atoms with Crippen LogP contribution in [0.15, 0.2) is 30.3 Å². The first-order valence-electron chi connectivity index (χ1n) is 5.09. The van der Waals surface area contributed by atoms with Crippen molar-refractivity contribution in [3.63, 3.8) is 0 Å². The van der Waals surface area contributed by atoms with Gasteiger partial charge in [0.05, 0.1) is 11.5 Å². The zero-order chi connectivity index (χ0) is 10.2. The molecule has 0 N–H and O–H groups in total. The highest BCUT2D eigenvalue weighted by atomic mass is 14.6. The molecule has 0 amide bonds. The van der Waals surface area contributed by atoms with E-state index in [1.54, 1.807) is 0 Å². The Morgan fingerprint density at radius 3 is 2.21 bits per heavy atom. The standard InChI is InChI=1S/C13H15N/c1-12(2,10-14)13(8-9-13)11-6-4-3-5-7-11/h3-7H,8-9H2,1-2H3. The van der Waals surface area contributed by atoms with E-state index in [2.05, 4.69) is 30.3 Å². The van der Waals surface area contributed by atoms with Crippen molar-refractivity contribution in [3.05, 3.63) is 35.9 Å². The Balaban J connectivity index is 2.41. The maximum atomic E-state index is 9.18. The van der Waals surface area contributed by atoms with Crippen LogP contribution in [-0.4, -0.2) is 0 Å². The second-order valence-corrected chi connectivity index (χ2v) is 4.68. The molecule has 0 saturated heterocycles. The second kappa shape index (κ2) is 2.85. The summed E-state index contributed by atoms with van der Waals surface area (Å²) in [6.07, 6.45) is 2.30. The Hall–Kier alpha value is -1.29. The van der Waals surface area contributed by atoms with Crippen molar-refractivity contribution in [2.45, 2.75) is 32.1 Å². The molecule has 1 aromatic carbocycles. The summed E-state index contributed by atoms with van der Waals surface area (Å²) < 4.78 is 0. The van der Waals surface area contributed by atoms with Gasteiger partial charge in [-0.2, -0.15) is 5.26 Å². The largest absolute Gasteiger partial charge is 0.198 e. The molecule has 0 heterocycles. The van der Waals surface area contributed by atoms with E-state index in [9.17, 15) is 5.26 Å². The van der Waals surface area contributed by atoms with Crippen molar-refractivity contribution in [2.24, 2.45) is 5.41 Å². The molecule has 14 heavy (non-hydrogen) atoms. The van der Waals surface area contributed by atoms with Crippen LogP contribution >= 0.6 is 0 Å². The summed E-state index contributed by atoms with van der Waals surface area (Å²) in [5, 5.41) is 9.18. The smallest absolute Gasteiger partial charge is 0.0693 e. The predicted molar refractivity (Wildman–Crippen MR) is 56.7 cm³/mol. The molecule has 0 aliphatic heterocycles. The number of hydrogen-bond donors (Lipinski definition) is 0. The molecule has 2 rings (SSSR count). The minimum Gasteiger partial charge on any atom is -0.198 e. The van der Waals surface area contributed by atoms with Gasteiger partial charge in [0, 0.05) is 5.41 Å². The van der Waals surface area contributed by atoms with Gasteiger partial charge in [-0.1, -0.05) is 30.3 Å². The van der Waals surface area contributed by atoms with Gasteiger partial charge in [0.25, 0.3) is 0 Å². The van der Waals surface area contributed by atoms with Gasteiger partial charge in [0.1, 0.15) is 0 Å². The Morgan fingerprint density at radius 2 is 1.79 bits per heavy atom. The first-order chi connectivity index (χ1) is 6.62. The van der Waals surface area contributed by atoms with Gasteiger partial charge < -0.3 is 0 Å².